The molecule has 0 radical (unpaired) electrons. The highest BCUT2D eigenvalue weighted by molar-refractivity contribution is 7.26. The van der Waals surface area contributed by atoms with Crippen molar-refractivity contribution >= 4 is 42.3 Å². The van der Waals surface area contributed by atoms with Gasteiger partial charge in [0, 0.05) is 27.2 Å². The minimum atomic E-state index is -4.25. The van der Waals surface area contributed by atoms with Crippen LogP contribution < -0.4 is 0 Å². The van der Waals surface area contributed by atoms with Gasteiger partial charge in [-0.05, 0) is 58.0 Å². The Labute approximate surface area is 207 Å². The van der Waals surface area contributed by atoms with Crippen molar-refractivity contribution in [2.45, 2.75) is 52.6 Å². The molecule has 0 aliphatic heterocycles. The summed E-state index contributed by atoms with van der Waals surface area (Å²) in [6, 6.07) is 20.6. The Kier molecular flexibility index (Phi) is 5.48. The molecule has 2 aromatic heterocycles. The van der Waals surface area contributed by atoms with Gasteiger partial charge in [0.1, 0.15) is 0 Å². The van der Waals surface area contributed by atoms with Crippen LogP contribution in [-0.4, -0.2) is 11.2 Å². The van der Waals surface area contributed by atoms with Crippen LogP contribution in [0.2, 0.25) is 0 Å². The summed E-state index contributed by atoms with van der Waals surface area (Å²) in [5, 5.41) is 4.55. The summed E-state index contributed by atoms with van der Waals surface area (Å²) in [5.41, 5.74) is 2.12. The van der Waals surface area contributed by atoms with Gasteiger partial charge < -0.3 is 0 Å². The van der Waals surface area contributed by atoms with Crippen molar-refractivity contribution < 1.29 is 13.2 Å². The van der Waals surface area contributed by atoms with Crippen LogP contribution in [-0.2, 0) is 11.8 Å². The molecule has 35 heavy (non-hydrogen) atoms. The molecular weight excluding hydrogens is 463 g/mol. The van der Waals surface area contributed by atoms with Crippen molar-refractivity contribution in [1.29, 1.82) is 0 Å². The lowest BCUT2D eigenvalue weighted by molar-refractivity contribution is -0.211. The van der Waals surface area contributed by atoms with Crippen molar-refractivity contribution in [2.24, 2.45) is 5.41 Å². The number of rotatable bonds is 3. The Morgan fingerprint density at radius 2 is 1.54 bits per heavy atom. The summed E-state index contributed by atoms with van der Waals surface area (Å²) in [6.45, 7) is 9.18. The average Bonchev–Trinajstić information content (AvgIpc) is 3.14. The maximum atomic E-state index is 13.5. The van der Waals surface area contributed by atoms with E-state index in [-0.39, 0.29) is 11.8 Å². The monoisotopic (exact) mass is 491 g/mol. The van der Waals surface area contributed by atoms with Gasteiger partial charge in [0.05, 0.1) is 15.8 Å². The molecule has 180 valence electrons. The van der Waals surface area contributed by atoms with Crippen LogP contribution in [0.5, 0.6) is 0 Å². The lowest BCUT2D eigenvalue weighted by Gasteiger charge is -2.27. The number of alkyl halides is 3. The first-order valence-corrected chi connectivity index (χ1v) is 12.6. The van der Waals surface area contributed by atoms with E-state index >= 15 is 0 Å². The maximum absolute atomic E-state index is 13.5. The van der Waals surface area contributed by atoms with Crippen LogP contribution in [0.15, 0.2) is 66.9 Å². The quantitative estimate of drug-likeness (QED) is 0.245. The normalized spacial score (nSPS) is 13.3. The van der Waals surface area contributed by atoms with Gasteiger partial charge in [0.15, 0.2) is 0 Å². The predicted octanol–water partition coefficient (Wildman–Crippen LogP) is 9.70. The van der Waals surface area contributed by atoms with Crippen molar-refractivity contribution in [3.8, 4) is 11.3 Å². The fourth-order valence-corrected chi connectivity index (χ4v) is 6.01. The molecule has 0 saturated heterocycles. The highest BCUT2D eigenvalue weighted by Crippen LogP contribution is 2.44. The first-order chi connectivity index (χ1) is 16.3. The average molecular weight is 492 g/mol. The molecule has 0 amide bonds. The smallest absolute Gasteiger partial charge is 0.255 e. The summed E-state index contributed by atoms with van der Waals surface area (Å²) in [6.07, 6.45) is -2.47. The zero-order valence-corrected chi connectivity index (χ0v) is 21.4. The number of halogens is 3. The molecular formula is C30H28F3NS. The molecule has 0 saturated carbocycles. The van der Waals surface area contributed by atoms with E-state index in [1.54, 1.807) is 11.3 Å². The molecule has 1 nitrogen and oxygen atoms in total. The molecule has 0 atom stereocenters. The zero-order valence-electron chi connectivity index (χ0n) is 20.5. The number of pyridine rings is 1. The van der Waals surface area contributed by atoms with Gasteiger partial charge in [-0.1, -0.05) is 71.0 Å². The third-order valence-corrected chi connectivity index (χ3v) is 7.98. The summed E-state index contributed by atoms with van der Waals surface area (Å²) >= 11 is 1.61. The van der Waals surface area contributed by atoms with Crippen LogP contribution in [0, 0.1) is 5.41 Å². The Hall–Kier alpha value is -2.92. The molecule has 5 heteroatoms. The van der Waals surface area contributed by atoms with Gasteiger partial charge in [-0.15, -0.1) is 11.3 Å². The fraction of sp³-hybridized carbons (Fsp3) is 0.300. The van der Waals surface area contributed by atoms with Gasteiger partial charge in [0.25, 0.3) is 0 Å². The largest absolute Gasteiger partial charge is 0.394 e. The molecule has 0 spiro atoms. The SMILES string of the molecule is CC(C)(C)c1cc(-c2nccc3c2sc2cc(CC(C)(C)C(F)(F)F)ccc23)cc2ccccc12. The molecule has 5 aromatic rings. The maximum Gasteiger partial charge on any atom is 0.394 e. The first kappa shape index (κ1) is 23.8. The van der Waals surface area contributed by atoms with Crippen LogP contribution in [0.25, 0.3) is 42.2 Å². The number of aromatic nitrogens is 1. The van der Waals surface area contributed by atoms with Crippen LogP contribution in [0.1, 0.15) is 45.7 Å². The second kappa shape index (κ2) is 8.06. The molecule has 0 unspecified atom stereocenters. The Balaban J connectivity index is 1.68. The number of nitrogens with zero attached hydrogens (tertiary/aromatic N) is 1. The Bertz CT molecular complexity index is 1570. The number of hydrogen-bond acceptors (Lipinski definition) is 2. The van der Waals surface area contributed by atoms with Crippen molar-refractivity contribution in [3.63, 3.8) is 0 Å². The second-order valence-corrected chi connectivity index (χ2v) is 12.1. The van der Waals surface area contributed by atoms with E-state index < -0.39 is 11.6 Å². The molecule has 0 aliphatic carbocycles. The summed E-state index contributed by atoms with van der Waals surface area (Å²) in [4.78, 5) is 4.78. The third kappa shape index (κ3) is 4.20. The predicted molar refractivity (Wildman–Crippen MR) is 142 cm³/mol. The second-order valence-electron chi connectivity index (χ2n) is 11.0. The zero-order chi connectivity index (χ0) is 25.2. The van der Waals surface area contributed by atoms with Gasteiger partial charge >= 0.3 is 6.18 Å². The van der Waals surface area contributed by atoms with Crippen molar-refractivity contribution in [1.82, 2.24) is 4.98 Å². The first-order valence-electron chi connectivity index (χ1n) is 11.8. The summed E-state index contributed by atoms with van der Waals surface area (Å²) in [5.74, 6) is 0. The van der Waals surface area contributed by atoms with E-state index in [1.807, 2.05) is 30.5 Å². The molecule has 0 fully saturated rings. The Morgan fingerprint density at radius 3 is 2.26 bits per heavy atom. The molecule has 2 heterocycles. The highest BCUT2D eigenvalue weighted by atomic mass is 32.1. The van der Waals surface area contributed by atoms with Gasteiger partial charge in [-0.3, -0.25) is 4.98 Å². The van der Waals surface area contributed by atoms with Crippen LogP contribution in [0.3, 0.4) is 0 Å². The third-order valence-electron chi connectivity index (χ3n) is 6.81. The van der Waals surface area contributed by atoms with E-state index in [0.717, 1.165) is 31.4 Å². The number of fused-ring (bicyclic) bond motifs is 4. The summed E-state index contributed by atoms with van der Waals surface area (Å²) < 4.78 is 42.4. The number of benzene rings is 3. The Morgan fingerprint density at radius 1 is 0.800 bits per heavy atom. The van der Waals surface area contributed by atoms with Crippen molar-refractivity contribution in [2.75, 3.05) is 0 Å². The summed E-state index contributed by atoms with van der Waals surface area (Å²) in [7, 11) is 0. The van der Waals surface area contributed by atoms with Crippen LogP contribution >= 0.6 is 11.3 Å². The standard InChI is InChI=1S/C30H28F3NS/c1-28(2,3)24-16-20(15-19-8-6-7-9-21(19)24)26-27-23(12-13-34-26)22-11-10-18(14-25(22)35-27)17-29(4,5)30(31,32)33/h6-16H,17H2,1-5H3. The van der Waals surface area contributed by atoms with E-state index in [1.165, 1.54) is 30.2 Å². The molecule has 0 aliphatic rings. The van der Waals surface area contributed by atoms with E-state index in [0.29, 0.717) is 5.56 Å². The fourth-order valence-electron chi connectivity index (χ4n) is 4.74. The van der Waals surface area contributed by atoms with Crippen LogP contribution in [0.4, 0.5) is 13.2 Å². The van der Waals surface area contributed by atoms with Gasteiger partial charge in [-0.25, -0.2) is 0 Å². The van der Waals surface area contributed by atoms with E-state index in [9.17, 15) is 13.2 Å². The minimum absolute atomic E-state index is 0.0378. The lowest BCUT2D eigenvalue weighted by Crippen LogP contribution is -2.34. The molecule has 0 N–H and O–H groups in total. The van der Waals surface area contributed by atoms with Gasteiger partial charge in [-0.2, -0.15) is 13.2 Å². The van der Waals surface area contributed by atoms with Gasteiger partial charge in [0.2, 0.25) is 0 Å². The molecule has 0 bridgehead atoms. The topological polar surface area (TPSA) is 12.9 Å². The molecule has 3 aromatic carbocycles. The van der Waals surface area contributed by atoms with E-state index in [2.05, 4.69) is 57.2 Å². The highest BCUT2D eigenvalue weighted by Gasteiger charge is 2.47. The lowest BCUT2D eigenvalue weighted by atomic mass is 9.82. The number of hydrogen-bond donors (Lipinski definition) is 0. The minimum Gasteiger partial charge on any atom is -0.255 e. The number of thiophene rings is 1. The van der Waals surface area contributed by atoms with Crippen molar-refractivity contribution in [3.05, 3.63) is 78.0 Å². The molecule has 5 rings (SSSR count). The van der Waals surface area contributed by atoms with E-state index in [4.69, 9.17) is 4.98 Å².